The van der Waals surface area contributed by atoms with Crippen molar-refractivity contribution in [1.82, 2.24) is 10.2 Å². The molecule has 0 saturated heterocycles. The summed E-state index contributed by atoms with van der Waals surface area (Å²) < 4.78 is 0. The van der Waals surface area contributed by atoms with E-state index in [1.165, 1.54) is 12.3 Å². The molecular weight excluding hydrogens is 264 g/mol. The molecule has 1 aromatic carbocycles. The standard InChI is InChI=1S/C12H12N4O2S/c1-6-3-2-4-7(9(6)17)12(18)15-11-8(10(13)19)5-14-16-11/h2-5,17H,1H3,(H2,13,19)(H2,14,15,16,18). The second kappa shape index (κ2) is 5.07. The van der Waals surface area contributed by atoms with Gasteiger partial charge >= 0.3 is 0 Å². The molecule has 0 radical (unpaired) electrons. The fraction of sp³-hybridized carbons (Fsp3) is 0.0833. The highest BCUT2D eigenvalue weighted by molar-refractivity contribution is 7.80. The van der Waals surface area contributed by atoms with Crippen molar-refractivity contribution in [3.63, 3.8) is 0 Å². The molecule has 6 nitrogen and oxygen atoms in total. The van der Waals surface area contributed by atoms with E-state index in [0.29, 0.717) is 16.9 Å². The van der Waals surface area contributed by atoms with E-state index in [2.05, 4.69) is 15.5 Å². The van der Waals surface area contributed by atoms with Gasteiger partial charge in [-0.3, -0.25) is 9.89 Å². The number of aromatic nitrogens is 2. The number of thiocarbonyl (C=S) groups is 1. The summed E-state index contributed by atoms with van der Waals surface area (Å²) in [6.07, 6.45) is 1.42. The molecule has 0 spiro atoms. The summed E-state index contributed by atoms with van der Waals surface area (Å²) in [6, 6.07) is 4.92. The molecule has 0 bridgehead atoms. The number of hydrogen-bond donors (Lipinski definition) is 4. The number of rotatable bonds is 3. The lowest BCUT2D eigenvalue weighted by Crippen LogP contribution is -2.17. The number of aromatic amines is 1. The quantitative estimate of drug-likeness (QED) is 0.633. The molecule has 19 heavy (non-hydrogen) atoms. The zero-order chi connectivity index (χ0) is 14.0. The van der Waals surface area contributed by atoms with E-state index in [0.717, 1.165) is 0 Å². The molecule has 1 heterocycles. The molecule has 5 N–H and O–H groups in total. The largest absolute Gasteiger partial charge is 0.507 e. The van der Waals surface area contributed by atoms with Gasteiger partial charge in [-0.25, -0.2) is 0 Å². The molecule has 1 amide bonds. The Bertz CT molecular complexity index is 651. The number of phenolic OH excluding ortho intramolecular Hbond substituents is 1. The van der Waals surface area contributed by atoms with Crippen LogP contribution in [0.15, 0.2) is 24.4 Å². The van der Waals surface area contributed by atoms with Gasteiger partial charge in [-0.15, -0.1) is 0 Å². The first kappa shape index (κ1) is 13.0. The van der Waals surface area contributed by atoms with Crippen LogP contribution in [-0.2, 0) is 0 Å². The average Bonchev–Trinajstić information content (AvgIpc) is 2.80. The third-order valence-electron chi connectivity index (χ3n) is 2.63. The van der Waals surface area contributed by atoms with Gasteiger partial charge in [0.15, 0.2) is 0 Å². The second-order valence-corrected chi connectivity index (χ2v) is 4.39. The molecule has 0 atom stereocenters. The van der Waals surface area contributed by atoms with Gasteiger partial charge in [0.2, 0.25) is 0 Å². The van der Waals surface area contributed by atoms with E-state index in [9.17, 15) is 9.90 Å². The number of carbonyl (C=O) groups excluding carboxylic acids is 1. The predicted molar refractivity (Wildman–Crippen MR) is 75.3 cm³/mol. The maximum atomic E-state index is 12.1. The van der Waals surface area contributed by atoms with Gasteiger partial charge in [0.1, 0.15) is 16.6 Å². The molecule has 0 unspecified atom stereocenters. The number of nitrogens with one attached hydrogen (secondary N) is 2. The van der Waals surface area contributed by atoms with Crippen LogP contribution >= 0.6 is 12.2 Å². The summed E-state index contributed by atoms with van der Waals surface area (Å²) in [5, 5.41) is 18.8. The van der Waals surface area contributed by atoms with E-state index in [1.807, 2.05) is 0 Å². The molecule has 2 rings (SSSR count). The van der Waals surface area contributed by atoms with Crippen LogP contribution in [0.5, 0.6) is 5.75 Å². The molecule has 0 aliphatic carbocycles. The smallest absolute Gasteiger partial charge is 0.260 e. The number of carbonyl (C=O) groups is 1. The van der Waals surface area contributed by atoms with Crippen LogP contribution in [0.25, 0.3) is 0 Å². The Morgan fingerprint density at radius 2 is 2.21 bits per heavy atom. The van der Waals surface area contributed by atoms with Crippen molar-refractivity contribution >= 4 is 28.9 Å². The number of phenols is 1. The molecule has 2 aromatic rings. The molecule has 0 fully saturated rings. The Morgan fingerprint density at radius 1 is 1.47 bits per heavy atom. The summed E-state index contributed by atoms with van der Waals surface area (Å²) in [7, 11) is 0. The average molecular weight is 276 g/mol. The topological polar surface area (TPSA) is 104 Å². The summed E-state index contributed by atoms with van der Waals surface area (Å²) in [4.78, 5) is 12.2. The van der Waals surface area contributed by atoms with Crippen molar-refractivity contribution in [2.24, 2.45) is 5.73 Å². The van der Waals surface area contributed by atoms with Crippen LogP contribution in [0.4, 0.5) is 5.82 Å². The molecule has 7 heteroatoms. The number of nitrogens with zero attached hydrogens (tertiary/aromatic N) is 1. The highest BCUT2D eigenvalue weighted by atomic mass is 32.1. The van der Waals surface area contributed by atoms with Gasteiger partial charge in [-0.1, -0.05) is 24.4 Å². The Balaban J connectivity index is 2.29. The molecule has 98 valence electrons. The van der Waals surface area contributed by atoms with Crippen LogP contribution in [0.1, 0.15) is 21.5 Å². The summed E-state index contributed by atoms with van der Waals surface area (Å²) in [5.41, 5.74) is 6.73. The number of anilines is 1. The number of nitrogens with two attached hydrogens (primary N) is 1. The summed E-state index contributed by atoms with van der Waals surface area (Å²) in [5.74, 6) is -0.224. The number of benzene rings is 1. The van der Waals surface area contributed by atoms with Gasteiger partial charge in [0.05, 0.1) is 17.3 Å². The van der Waals surface area contributed by atoms with Gasteiger partial charge < -0.3 is 16.2 Å². The Labute approximate surface area is 114 Å². The third-order valence-corrected chi connectivity index (χ3v) is 2.85. The van der Waals surface area contributed by atoms with Crippen LogP contribution < -0.4 is 11.1 Å². The number of aryl methyl sites for hydroxylation is 1. The van der Waals surface area contributed by atoms with E-state index in [4.69, 9.17) is 18.0 Å². The highest BCUT2D eigenvalue weighted by Gasteiger charge is 2.16. The monoisotopic (exact) mass is 276 g/mol. The lowest BCUT2D eigenvalue weighted by atomic mass is 10.1. The van der Waals surface area contributed by atoms with E-state index >= 15 is 0 Å². The van der Waals surface area contributed by atoms with Crippen molar-refractivity contribution in [2.45, 2.75) is 6.92 Å². The molecule has 0 aliphatic heterocycles. The fourth-order valence-electron chi connectivity index (χ4n) is 1.59. The zero-order valence-electron chi connectivity index (χ0n) is 10.1. The van der Waals surface area contributed by atoms with Crippen LogP contribution in [-0.4, -0.2) is 26.2 Å². The number of hydrogen-bond acceptors (Lipinski definition) is 4. The number of H-pyrrole nitrogens is 1. The molecular formula is C12H12N4O2S. The maximum absolute atomic E-state index is 12.1. The molecule has 1 aromatic heterocycles. The van der Waals surface area contributed by atoms with Crippen LogP contribution in [0.3, 0.4) is 0 Å². The van der Waals surface area contributed by atoms with Crippen molar-refractivity contribution in [2.75, 3.05) is 5.32 Å². The minimum absolute atomic E-state index is 0.0589. The predicted octanol–water partition coefficient (Wildman–Crippen LogP) is 1.31. The van der Waals surface area contributed by atoms with Gasteiger partial charge in [-0.05, 0) is 18.6 Å². The first-order valence-electron chi connectivity index (χ1n) is 5.44. The van der Waals surface area contributed by atoms with E-state index in [1.54, 1.807) is 19.1 Å². The SMILES string of the molecule is Cc1cccc(C(=O)Nc2[nH]ncc2C(N)=S)c1O. The van der Waals surface area contributed by atoms with Gasteiger partial charge in [0, 0.05) is 0 Å². The Morgan fingerprint density at radius 3 is 2.89 bits per heavy atom. The zero-order valence-corrected chi connectivity index (χ0v) is 10.9. The number of amides is 1. The first-order chi connectivity index (χ1) is 9.00. The van der Waals surface area contributed by atoms with Gasteiger partial charge in [0.25, 0.3) is 5.91 Å². The van der Waals surface area contributed by atoms with Gasteiger partial charge in [-0.2, -0.15) is 5.10 Å². The maximum Gasteiger partial charge on any atom is 0.260 e. The lowest BCUT2D eigenvalue weighted by Gasteiger charge is -2.08. The van der Waals surface area contributed by atoms with Crippen LogP contribution in [0.2, 0.25) is 0 Å². The summed E-state index contributed by atoms with van der Waals surface area (Å²) in [6.45, 7) is 1.71. The minimum Gasteiger partial charge on any atom is -0.507 e. The highest BCUT2D eigenvalue weighted by Crippen LogP contribution is 2.22. The normalized spacial score (nSPS) is 10.2. The minimum atomic E-state index is -0.469. The Hall–Kier alpha value is -2.41. The third kappa shape index (κ3) is 2.55. The van der Waals surface area contributed by atoms with Crippen molar-refractivity contribution in [3.8, 4) is 5.75 Å². The molecule has 0 saturated carbocycles. The number of para-hydroxylation sites is 1. The van der Waals surface area contributed by atoms with E-state index < -0.39 is 5.91 Å². The molecule has 0 aliphatic rings. The fourth-order valence-corrected chi connectivity index (χ4v) is 1.75. The van der Waals surface area contributed by atoms with Crippen LogP contribution in [0, 0.1) is 6.92 Å². The lowest BCUT2D eigenvalue weighted by molar-refractivity contribution is 0.102. The van der Waals surface area contributed by atoms with Crippen molar-refractivity contribution in [3.05, 3.63) is 41.1 Å². The van der Waals surface area contributed by atoms with Crippen molar-refractivity contribution < 1.29 is 9.90 Å². The van der Waals surface area contributed by atoms with Crippen molar-refractivity contribution in [1.29, 1.82) is 0 Å². The van der Waals surface area contributed by atoms with E-state index in [-0.39, 0.29) is 16.3 Å². The summed E-state index contributed by atoms with van der Waals surface area (Å²) >= 11 is 4.84. The second-order valence-electron chi connectivity index (χ2n) is 3.95. The number of aromatic hydroxyl groups is 1. The first-order valence-corrected chi connectivity index (χ1v) is 5.84. The Kier molecular flexibility index (Phi) is 3.48.